The van der Waals surface area contributed by atoms with Crippen molar-refractivity contribution in [2.24, 2.45) is 0 Å². The summed E-state index contributed by atoms with van der Waals surface area (Å²) in [5.74, 6) is 0. The molecule has 1 aromatic heterocycles. The van der Waals surface area contributed by atoms with E-state index >= 15 is 0 Å². The predicted octanol–water partition coefficient (Wildman–Crippen LogP) is 0.880. The third kappa shape index (κ3) is 1.47. The van der Waals surface area contributed by atoms with Gasteiger partial charge < -0.3 is 0 Å². The van der Waals surface area contributed by atoms with E-state index in [-0.39, 0.29) is 5.44 Å². The molecule has 0 bridgehead atoms. The molecule has 0 radical (unpaired) electrons. The summed E-state index contributed by atoms with van der Waals surface area (Å²) >= 11 is 0. The molecule has 0 fully saturated rings. The van der Waals surface area contributed by atoms with Crippen LogP contribution < -0.4 is 5.44 Å². The summed E-state index contributed by atoms with van der Waals surface area (Å²) in [4.78, 5) is 3.58. The predicted molar refractivity (Wildman–Crippen MR) is 32.2 cm³/mol. The molecule has 9 heavy (non-hydrogen) atoms. The van der Waals surface area contributed by atoms with E-state index in [1.807, 2.05) is 0 Å². The van der Waals surface area contributed by atoms with Crippen LogP contribution in [0.5, 0.6) is 0 Å². The van der Waals surface area contributed by atoms with Crippen LogP contribution in [0.2, 0.25) is 0 Å². The molecule has 3 nitrogen and oxygen atoms in total. The van der Waals surface area contributed by atoms with Gasteiger partial charge in [-0.3, -0.25) is 0 Å². The Bertz CT molecular complexity index is 247. The SMILES string of the molecule is O=P(=O)c1ccccn1. The zero-order valence-corrected chi connectivity index (χ0v) is 5.41. The van der Waals surface area contributed by atoms with Crippen molar-refractivity contribution < 1.29 is 9.13 Å². The first-order valence-corrected chi connectivity index (χ1v) is 3.54. The van der Waals surface area contributed by atoms with E-state index in [1.165, 1.54) is 12.3 Å². The molecule has 0 saturated heterocycles. The lowest BCUT2D eigenvalue weighted by Gasteiger charge is -1.80. The van der Waals surface area contributed by atoms with E-state index in [9.17, 15) is 9.13 Å². The highest BCUT2D eigenvalue weighted by molar-refractivity contribution is 7.40. The van der Waals surface area contributed by atoms with Crippen LogP contribution >= 0.6 is 7.68 Å². The Kier molecular flexibility index (Phi) is 1.75. The second kappa shape index (κ2) is 2.55. The monoisotopic (exact) mass is 141 g/mol. The van der Waals surface area contributed by atoms with Crippen molar-refractivity contribution in [3.05, 3.63) is 24.4 Å². The van der Waals surface area contributed by atoms with Crippen molar-refractivity contribution in [2.45, 2.75) is 0 Å². The van der Waals surface area contributed by atoms with Gasteiger partial charge in [0.15, 0.2) is 5.44 Å². The Morgan fingerprint density at radius 1 is 1.33 bits per heavy atom. The number of hydrogen-bond donors (Lipinski definition) is 0. The highest BCUT2D eigenvalue weighted by atomic mass is 31.1. The summed E-state index contributed by atoms with van der Waals surface area (Å²) in [6, 6.07) is 4.75. The molecular weight excluding hydrogens is 137 g/mol. The van der Waals surface area contributed by atoms with Crippen molar-refractivity contribution in [3.8, 4) is 0 Å². The van der Waals surface area contributed by atoms with Crippen LogP contribution in [0.3, 0.4) is 0 Å². The molecule has 0 unspecified atom stereocenters. The van der Waals surface area contributed by atoms with E-state index in [4.69, 9.17) is 0 Å². The number of hydrogen-bond acceptors (Lipinski definition) is 3. The van der Waals surface area contributed by atoms with Crippen molar-refractivity contribution in [3.63, 3.8) is 0 Å². The summed E-state index contributed by atoms with van der Waals surface area (Å²) in [5, 5.41) is 0. The quantitative estimate of drug-likeness (QED) is 0.545. The average Bonchev–Trinajstić information content (AvgIpc) is 1.90. The number of rotatable bonds is 1. The number of aromatic nitrogens is 1. The molecule has 0 saturated carbocycles. The molecule has 46 valence electrons. The minimum atomic E-state index is -2.51. The van der Waals surface area contributed by atoms with Crippen LogP contribution in [-0.2, 0) is 9.13 Å². The zero-order chi connectivity index (χ0) is 6.69. The molecule has 1 heterocycles. The smallest absolute Gasteiger partial charge is 0.246 e. The maximum atomic E-state index is 10.2. The van der Waals surface area contributed by atoms with E-state index < -0.39 is 7.68 Å². The van der Waals surface area contributed by atoms with Gasteiger partial charge in [-0.25, -0.2) is 14.1 Å². The van der Waals surface area contributed by atoms with Gasteiger partial charge in [-0.2, -0.15) is 0 Å². The Labute approximate surface area is 52.6 Å². The summed E-state index contributed by atoms with van der Waals surface area (Å²) in [6.45, 7) is 0. The maximum absolute atomic E-state index is 10.2. The van der Waals surface area contributed by atoms with Gasteiger partial charge in [-0.05, 0) is 12.1 Å². The number of nitrogens with zero attached hydrogens (tertiary/aromatic N) is 1. The molecule has 1 aromatic rings. The minimum Gasteiger partial charge on any atom is -0.246 e. The normalized spacial score (nSPS) is 8.89. The lowest BCUT2D eigenvalue weighted by molar-refractivity contribution is 0.522. The Morgan fingerprint density at radius 3 is 2.44 bits per heavy atom. The summed E-state index contributed by atoms with van der Waals surface area (Å²) < 4.78 is 20.4. The van der Waals surface area contributed by atoms with E-state index in [2.05, 4.69) is 4.98 Å². The molecule has 0 aromatic carbocycles. The minimum absolute atomic E-state index is 0.118. The van der Waals surface area contributed by atoms with Gasteiger partial charge in [0, 0.05) is 6.20 Å². The fourth-order valence-electron chi connectivity index (χ4n) is 0.462. The molecular formula is C5H4NO2P. The third-order valence-corrected chi connectivity index (χ3v) is 1.47. The standard InChI is InChI=1S/C5H4NO2P/c7-9(8)5-3-1-2-4-6-5/h1-4H. The molecule has 0 aliphatic heterocycles. The topological polar surface area (TPSA) is 47.0 Å². The lowest BCUT2D eigenvalue weighted by Crippen LogP contribution is -1.95. The molecule has 0 atom stereocenters. The van der Waals surface area contributed by atoms with Crippen molar-refractivity contribution >= 4 is 13.1 Å². The lowest BCUT2D eigenvalue weighted by atomic mass is 10.5. The summed E-state index contributed by atoms with van der Waals surface area (Å²) in [6.07, 6.45) is 1.44. The Morgan fingerprint density at radius 2 is 2.11 bits per heavy atom. The van der Waals surface area contributed by atoms with Crippen molar-refractivity contribution in [1.82, 2.24) is 4.98 Å². The Balaban J connectivity index is 3.13. The van der Waals surface area contributed by atoms with Gasteiger partial charge in [0.25, 0.3) is 0 Å². The molecule has 0 spiro atoms. The van der Waals surface area contributed by atoms with Crippen LogP contribution in [0.15, 0.2) is 24.4 Å². The third-order valence-electron chi connectivity index (χ3n) is 0.836. The van der Waals surface area contributed by atoms with Crippen LogP contribution in [0.25, 0.3) is 0 Å². The molecule has 0 aliphatic rings. The Hall–Kier alpha value is -0.950. The van der Waals surface area contributed by atoms with Crippen molar-refractivity contribution in [2.75, 3.05) is 0 Å². The van der Waals surface area contributed by atoms with Gasteiger partial charge in [-0.1, -0.05) is 6.07 Å². The summed E-state index contributed by atoms with van der Waals surface area (Å²) in [7, 11) is -2.51. The van der Waals surface area contributed by atoms with Gasteiger partial charge in [0.05, 0.1) is 0 Å². The maximum Gasteiger partial charge on any atom is 0.367 e. The zero-order valence-electron chi connectivity index (χ0n) is 4.52. The molecule has 0 aliphatic carbocycles. The first-order chi connectivity index (χ1) is 4.30. The van der Waals surface area contributed by atoms with Crippen LogP contribution in [0.1, 0.15) is 0 Å². The largest absolute Gasteiger partial charge is 0.367 e. The molecule has 0 amide bonds. The highest BCUT2D eigenvalue weighted by Crippen LogP contribution is 1.98. The molecule has 0 N–H and O–H groups in total. The van der Waals surface area contributed by atoms with E-state index in [0.29, 0.717) is 0 Å². The van der Waals surface area contributed by atoms with E-state index in [0.717, 1.165) is 0 Å². The van der Waals surface area contributed by atoms with Crippen LogP contribution in [0.4, 0.5) is 0 Å². The van der Waals surface area contributed by atoms with Crippen LogP contribution in [-0.4, -0.2) is 4.98 Å². The molecule has 1 rings (SSSR count). The first-order valence-electron chi connectivity index (χ1n) is 2.36. The number of pyridine rings is 1. The van der Waals surface area contributed by atoms with Gasteiger partial charge in [-0.15, -0.1) is 0 Å². The molecule has 4 heteroatoms. The second-order valence-electron chi connectivity index (χ2n) is 1.45. The fourth-order valence-corrected chi connectivity index (χ4v) is 0.830. The van der Waals surface area contributed by atoms with Gasteiger partial charge in [0.1, 0.15) is 0 Å². The van der Waals surface area contributed by atoms with E-state index in [1.54, 1.807) is 12.1 Å². The highest BCUT2D eigenvalue weighted by Gasteiger charge is 1.94. The second-order valence-corrected chi connectivity index (χ2v) is 2.42. The van der Waals surface area contributed by atoms with Gasteiger partial charge in [0.2, 0.25) is 0 Å². The van der Waals surface area contributed by atoms with Crippen molar-refractivity contribution in [1.29, 1.82) is 0 Å². The van der Waals surface area contributed by atoms with Crippen LogP contribution in [0, 0.1) is 0 Å². The average molecular weight is 141 g/mol. The van der Waals surface area contributed by atoms with Gasteiger partial charge >= 0.3 is 7.68 Å². The fraction of sp³-hybridized carbons (Fsp3) is 0. The summed E-state index contributed by atoms with van der Waals surface area (Å²) in [5.41, 5.74) is 0.118. The first kappa shape index (κ1) is 6.17.